The van der Waals surface area contributed by atoms with Crippen LogP contribution >= 0.6 is 11.6 Å². The molecule has 1 aromatic carbocycles. The van der Waals surface area contributed by atoms with Crippen molar-refractivity contribution in [2.75, 3.05) is 13.7 Å². The molecule has 1 aliphatic heterocycles. The predicted octanol–water partition coefficient (Wildman–Crippen LogP) is 1.38. The molecule has 0 aliphatic carbocycles. The number of amides is 1. The van der Waals surface area contributed by atoms with Gasteiger partial charge in [-0.2, -0.15) is 4.31 Å². The minimum Gasteiger partial charge on any atom is -0.495 e. The number of ether oxygens (including phenoxy) is 1. The fourth-order valence-corrected chi connectivity index (χ4v) is 4.43. The summed E-state index contributed by atoms with van der Waals surface area (Å²) in [6.07, 6.45) is 1.92. The third-order valence-electron chi connectivity index (χ3n) is 3.51. The molecule has 1 aliphatic rings. The highest BCUT2D eigenvalue weighted by molar-refractivity contribution is 7.89. The van der Waals surface area contributed by atoms with E-state index in [1.54, 1.807) is 0 Å². The second kappa shape index (κ2) is 6.21. The van der Waals surface area contributed by atoms with Gasteiger partial charge in [0, 0.05) is 6.54 Å². The van der Waals surface area contributed by atoms with Gasteiger partial charge in [-0.25, -0.2) is 8.42 Å². The molecule has 1 amide bonds. The maximum Gasteiger partial charge on any atom is 0.243 e. The molecule has 2 rings (SSSR count). The highest BCUT2D eigenvalue weighted by Gasteiger charge is 2.36. The number of piperidine rings is 1. The molecule has 2 N–H and O–H groups in total. The number of nitrogens with zero attached hydrogens (tertiary/aromatic N) is 1. The number of primary amides is 1. The van der Waals surface area contributed by atoms with E-state index in [1.807, 2.05) is 0 Å². The smallest absolute Gasteiger partial charge is 0.243 e. The van der Waals surface area contributed by atoms with Gasteiger partial charge in [0.1, 0.15) is 11.8 Å². The van der Waals surface area contributed by atoms with Crippen LogP contribution in [0, 0.1) is 0 Å². The third kappa shape index (κ3) is 3.14. The summed E-state index contributed by atoms with van der Waals surface area (Å²) in [5.41, 5.74) is 5.32. The number of carbonyl (C=O) groups is 1. The second-order valence-electron chi connectivity index (χ2n) is 4.83. The Morgan fingerprint density at radius 1 is 1.43 bits per heavy atom. The number of halogens is 1. The van der Waals surface area contributed by atoms with Crippen LogP contribution in [0.5, 0.6) is 5.75 Å². The lowest BCUT2D eigenvalue weighted by Crippen LogP contribution is -2.50. The monoisotopic (exact) mass is 332 g/mol. The van der Waals surface area contributed by atoms with E-state index in [0.29, 0.717) is 18.6 Å². The van der Waals surface area contributed by atoms with Crippen LogP contribution in [0.4, 0.5) is 0 Å². The normalized spacial score (nSPS) is 20.2. The van der Waals surface area contributed by atoms with E-state index >= 15 is 0 Å². The van der Waals surface area contributed by atoms with Crippen LogP contribution in [-0.4, -0.2) is 38.3 Å². The van der Waals surface area contributed by atoms with Crippen LogP contribution in [-0.2, 0) is 14.8 Å². The van der Waals surface area contributed by atoms with Gasteiger partial charge < -0.3 is 10.5 Å². The summed E-state index contributed by atoms with van der Waals surface area (Å²) in [6.45, 7) is 0.277. The molecular formula is C13H17ClN2O4S. The van der Waals surface area contributed by atoms with Crippen molar-refractivity contribution in [3.05, 3.63) is 23.2 Å². The SMILES string of the molecule is COc1ccc(S(=O)(=O)N2CCCCC2C(N)=O)cc1Cl. The molecule has 21 heavy (non-hydrogen) atoms. The number of hydrogen-bond acceptors (Lipinski definition) is 4. The highest BCUT2D eigenvalue weighted by atomic mass is 35.5. The van der Waals surface area contributed by atoms with Crippen LogP contribution in [0.3, 0.4) is 0 Å². The predicted molar refractivity (Wildman–Crippen MR) is 78.7 cm³/mol. The Labute approximate surface area is 128 Å². The van der Waals surface area contributed by atoms with Gasteiger partial charge in [0.2, 0.25) is 15.9 Å². The van der Waals surface area contributed by atoms with Crippen molar-refractivity contribution in [3.8, 4) is 5.75 Å². The molecule has 116 valence electrons. The Kier molecular flexibility index (Phi) is 4.75. The standard InChI is InChI=1S/C13H17ClN2O4S/c1-20-12-6-5-9(8-10(12)14)21(18,19)16-7-3-2-4-11(16)13(15)17/h5-6,8,11H,2-4,7H2,1H3,(H2,15,17). The lowest BCUT2D eigenvalue weighted by Gasteiger charge is -2.32. The molecule has 0 radical (unpaired) electrons. The topological polar surface area (TPSA) is 89.7 Å². The van der Waals surface area contributed by atoms with Crippen LogP contribution in [0.25, 0.3) is 0 Å². The van der Waals surface area contributed by atoms with Crippen LogP contribution in [0.15, 0.2) is 23.1 Å². The average molecular weight is 333 g/mol. The fourth-order valence-electron chi connectivity index (χ4n) is 2.42. The zero-order chi connectivity index (χ0) is 15.6. The lowest BCUT2D eigenvalue weighted by molar-refractivity contribution is -0.122. The number of benzene rings is 1. The summed E-state index contributed by atoms with van der Waals surface area (Å²) in [5, 5.41) is 0.200. The number of carbonyl (C=O) groups excluding carboxylic acids is 1. The Morgan fingerprint density at radius 2 is 2.14 bits per heavy atom. The molecule has 0 aromatic heterocycles. The van der Waals surface area contributed by atoms with Gasteiger partial charge in [0.05, 0.1) is 17.0 Å². The molecule has 1 aromatic rings. The molecule has 0 saturated carbocycles. The van der Waals surface area contributed by atoms with Crippen molar-refractivity contribution in [1.29, 1.82) is 0 Å². The van der Waals surface area contributed by atoms with Gasteiger partial charge >= 0.3 is 0 Å². The van der Waals surface area contributed by atoms with Crippen molar-refractivity contribution in [2.24, 2.45) is 5.73 Å². The van der Waals surface area contributed by atoms with Gasteiger partial charge in [0.25, 0.3) is 0 Å². The molecule has 0 bridgehead atoms. The maximum atomic E-state index is 12.7. The van der Waals surface area contributed by atoms with Gasteiger partial charge in [-0.15, -0.1) is 0 Å². The minimum atomic E-state index is -3.81. The van der Waals surface area contributed by atoms with E-state index in [2.05, 4.69) is 0 Å². The number of rotatable bonds is 4. The molecule has 1 atom stereocenters. The molecule has 0 spiro atoms. The van der Waals surface area contributed by atoms with Crippen molar-refractivity contribution < 1.29 is 17.9 Å². The first kappa shape index (κ1) is 16.1. The number of hydrogen-bond donors (Lipinski definition) is 1. The van der Waals surface area contributed by atoms with E-state index in [-0.39, 0.29) is 16.5 Å². The first-order chi connectivity index (χ1) is 9.87. The molecule has 1 fully saturated rings. The number of methoxy groups -OCH3 is 1. The number of nitrogens with two attached hydrogens (primary N) is 1. The molecule has 1 heterocycles. The Bertz CT molecular complexity index is 648. The largest absolute Gasteiger partial charge is 0.495 e. The molecule has 1 unspecified atom stereocenters. The summed E-state index contributed by atoms with van der Waals surface area (Å²) in [4.78, 5) is 11.5. The van der Waals surface area contributed by atoms with E-state index in [1.165, 1.54) is 25.3 Å². The summed E-state index contributed by atoms with van der Waals surface area (Å²) in [6, 6.07) is 3.41. The lowest BCUT2D eigenvalue weighted by atomic mass is 10.0. The quantitative estimate of drug-likeness (QED) is 0.901. The summed E-state index contributed by atoms with van der Waals surface area (Å²) in [5.74, 6) is -0.237. The molecule has 8 heteroatoms. The van der Waals surface area contributed by atoms with E-state index < -0.39 is 22.0 Å². The number of sulfonamides is 1. The van der Waals surface area contributed by atoms with Gasteiger partial charge in [-0.05, 0) is 31.0 Å². The average Bonchev–Trinajstić information content (AvgIpc) is 2.47. The maximum absolute atomic E-state index is 12.7. The third-order valence-corrected chi connectivity index (χ3v) is 5.71. The van der Waals surface area contributed by atoms with E-state index in [9.17, 15) is 13.2 Å². The summed E-state index contributed by atoms with van der Waals surface area (Å²) >= 11 is 5.97. The first-order valence-corrected chi connectivity index (χ1v) is 8.34. The second-order valence-corrected chi connectivity index (χ2v) is 7.12. The first-order valence-electron chi connectivity index (χ1n) is 6.52. The van der Waals surface area contributed by atoms with Crippen LogP contribution in [0.1, 0.15) is 19.3 Å². The van der Waals surface area contributed by atoms with Gasteiger partial charge in [-0.3, -0.25) is 4.79 Å². The van der Waals surface area contributed by atoms with Gasteiger partial charge in [-0.1, -0.05) is 18.0 Å². The zero-order valence-electron chi connectivity index (χ0n) is 11.6. The summed E-state index contributed by atoms with van der Waals surface area (Å²) in [7, 11) is -2.36. The molecular weight excluding hydrogens is 316 g/mol. The van der Waals surface area contributed by atoms with Crippen molar-refractivity contribution in [3.63, 3.8) is 0 Å². The van der Waals surface area contributed by atoms with Crippen LogP contribution in [0.2, 0.25) is 5.02 Å². The van der Waals surface area contributed by atoms with E-state index in [0.717, 1.165) is 10.7 Å². The van der Waals surface area contributed by atoms with Crippen molar-refractivity contribution in [2.45, 2.75) is 30.2 Å². The highest BCUT2D eigenvalue weighted by Crippen LogP contribution is 2.30. The summed E-state index contributed by atoms with van der Waals surface area (Å²) < 4.78 is 31.5. The fraction of sp³-hybridized carbons (Fsp3) is 0.462. The molecule has 1 saturated heterocycles. The van der Waals surface area contributed by atoms with Crippen molar-refractivity contribution in [1.82, 2.24) is 4.31 Å². The van der Waals surface area contributed by atoms with Crippen molar-refractivity contribution >= 4 is 27.5 Å². The minimum absolute atomic E-state index is 0.0291. The Balaban J connectivity index is 2.40. The Morgan fingerprint density at radius 3 is 2.71 bits per heavy atom. The van der Waals surface area contributed by atoms with Crippen LogP contribution < -0.4 is 10.5 Å². The zero-order valence-corrected chi connectivity index (χ0v) is 13.2. The van der Waals surface area contributed by atoms with Gasteiger partial charge in [0.15, 0.2) is 0 Å². The Hall–Kier alpha value is -1.31. The molecule has 6 nitrogen and oxygen atoms in total. The van der Waals surface area contributed by atoms with E-state index in [4.69, 9.17) is 22.1 Å².